The van der Waals surface area contributed by atoms with Crippen LogP contribution in [0, 0.1) is 25.2 Å². The van der Waals surface area contributed by atoms with Crippen molar-refractivity contribution in [3.05, 3.63) is 57.9 Å². The predicted octanol–water partition coefficient (Wildman–Crippen LogP) is 3.88. The first-order valence-electron chi connectivity index (χ1n) is 6.47. The number of nitrogens with one attached hydrogen (secondary N) is 1. The van der Waals surface area contributed by atoms with Gasteiger partial charge in [0.15, 0.2) is 0 Å². The Labute approximate surface area is 124 Å². The summed E-state index contributed by atoms with van der Waals surface area (Å²) in [5, 5.41) is 13.3. The van der Waals surface area contributed by atoms with Crippen LogP contribution in [-0.2, 0) is 6.42 Å². The molecule has 1 aromatic carbocycles. The lowest BCUT2D eigenvalue weighted by molar-refractivity contribution is 1.01. The lowest BCUT2D eigenvalue weighted by Crippen LogP contribution is -2.08. The first-order chi connectivity index (χ1) is 9.60. The van der Waals surface area contributed by atoms with Gasteiger partial charge >= 0.3 is 0 Å². The van der Waals surface area contributed by atoms with Crippen molar-refractivity contribution in [1.82, 2.24) is 4.98 Å². The van der Waals surface area contributed by atoms with Crippen molar-refractivity contribution in [2.75, 3.05) is 11.9 Å². The molecule has 1 N–H and O–H groups in total. The summed E-state index contributed by atoms with van der Waals surface area (Å²) in [7, 11) is 0. The molecule has 0 bridgehead atoms. The molecule has 20 heavy (non-hydrogen) atoms. The zero-order valence-electron chi connectivity index (χ0n) is 11.6. The molecule has 3 nitrogen and oxygen atoms in total. The third-order valence-electron chi connectivity index (χ3n) is 3.08. The van der Waals surface area contributed by atoms with E-state index in [2.05, 4.69) is 16.4 Å². The number of hydrogen-bond donors (Lipinski definition) is 1. The van der Waals surface area contributed by atoms with E-state index < -0.39 is 0 Å². The standard InChI is InChI=1S/C16H16ClN3/c1-11-9-16(15(10-18)12(2)20-11)19-8-7-13-3-5-14(17)6-4-13/h3-6,9H,7-8H2,1-2H3,(H,19,20). The van der Waals surface area contributed by atoms with Crippen LogP contribution in [0.25, 0.3) is 0 Å². The maximum absolute atomic E-state index is 9.19. The van der Waals surface area contributed by atoms with Gasteiger partial charge in [-0.3, -0.25) is 4.98 Å². The predicted molar refractivity (Wildman–Crippen MR) is 82.1 cm³/mol. The summed E-state index contributed by atoms with van der Waals surface area (Å²) in [6.07, 6.45) is 0.877. The van der Waals surface area contributed by atoms with Gasteiger partial charge in [-0.1, -0.05) is 23.7 Å². The van der Waals surface area contributed by atoms with E-state index >= 15 is 0 Å². The van der Waals surface area contributed by atoms with Crippen molar-refractivity contribution in [2.24, 2.45) is 0 Å². The minimum atomic E-state index is 0.617. The SMILES string of the molecule is Cc1cc(NCCc2ccc(Cl)cc2)c(C#N)c(C)n1. The van der Waals surface area contributed by atoms with Gasteiger partial charge in [-0.05, 0) is 44.0 Å². The third kappa shape index (κ3) is 3.49. The molecule has 0 fully saturated rings. The molecule has 0 radical (unpaired) electrons. The summed E-state index contributed by atoms with van der Waals surface area (Å²) in [4.78, 5) is 4.30. The molecule has 0 aliphatic rings. The molecular weight excluding hydrogens is 270 g/mol. The van der Waals surface area contributed by atoms with Crippen LogP contribution in [0.4, 0.5) is 5.69 Å². The minimum Gasteiger partial charge on any atom is -0.384 e. The zero-order chi connectivity index (χ0) is 14.5. The molecule has 0 saturated carbocycles. The molecular formula is C16H16ClN3. The van der Waals surface area contributed by atoms with E-state index in [0.717, 1.165) is 35.1 Å². The zero-order valence-corrected chi connectivity index (χ0v) is 12.3. The monoisotopic (exact) mass is 285 g/mol. The molecule has 2 rings (SSSR count). The van der Waals surface area contributed by atoms with Crippen LogP contribution in [0.5, 0.6) is 0 Å². The van der Waals surface area contributed by atoms with Crippen molar-refractivity contribution in [1.29, 1.82) is 5.26 Å². The highest BCUT2D eigenvalue weighted by molar-refractivity contribution is 6.30. The van der Waals surface area contributed by atoms with Crippen molar-refractivity contribution in [3.63, 3.8) is 0 Å². The number of nitriles is 1. The maximum atomic E-state index is 9.19. The van der Waals surface area contributed by atoms with Crippen LogP contribution in [0.1, 0.15) is 22.5 Å². The number of halogens is 1. The van der Waals surface area contributed by atoms with Crippen molar-refractivity contribution in [2.45, 2.75) is 20.3 Å². The van der Waals surface area contributed by atoms with E-state index in [1.54, 1.807) is 0 Å². The molecule has 2 aromatic rings. The Kier molecular flexibility index (Phi) is 4.60. The Hall–Kier alpha value is -2.05. The van der Waals surface area contributed by atoms with Gasteiger partial charge in [-0.25, -0.2) is 0 Å². The summed E-state index contributed by atoms with van der Waals surface area (Å²) < 4.78 is 0. The van der Waals surface area contributed by atoms with E-state index in [-0.39, 0.29) is 0 Å². The van der Waals surface area contributed by atoms with Gasteiger partial charge in [0.2, 0.25) is 0 Å². The molecule has 0 atom stereocenters. The van der Waals surface area contributed by atoms with Gasteiger partial charge in [0, 0.05) is 17.3 Å². The van der Waals surface area contributed by atoms with E-state index in [1.165, 1.54) is 5.56 Å². The Bertz CT molecular complexity index is 642. The van der Waals surface area contributed by atoms with Gasteiger partial charge in [0.25, 0.3) is 0 Å². The molecule has 102 valence electrons. The molecule has 4 heteroatoms. The Morgan fingerprint density at radius 3 is 2.60 bits per heavy atom. The first-order valence-corrected chi connectivity index (χ1v) is 6.84. The summed E-state index contributed by atoms with van der Waals surface area (Å²) in [5.74, 6) is 0. The van der Waals surface area contributed by atoms with E-state index in [9.17, 15) is 5.26 Å². The average molecular weight is 286 g/mol. The van der Waals surface area contributed by atoms with E-state index in [4.69, 9.17) is 11.6 Å². The quantitative estimate of drug-likeness (QED) is 0.927. The minimum absolute atomic E-state index is 0.617. The normalized spacial score (nSPS) is 10.1. The van der Waals surface area contributed by atoms with Crippen molar-refractivity contribution >= 4 is 17.3 Å². The summed E-state index contributed by atoms with van der Waals surface area (Å²) in [6.45, 7) is 4.55. The lowest BCUT2D eigenvalue weighted by atomic mass is 10.1. The number of aromatic nitrogens is 1. The summed E-state index contributed by atoms with van der Waals surface area (Å²) in [5.41, 5.74) is 4.36. The molecule has 0 saturated heterocycles. The molecule has 0 spiro atoms. The highest BCUT2D eigenvalue weighted by Gasteiger charge is 2.07. The molecule has 0 aliphatic heterocycles. The number of hydrogen-bond acceptors (Lipinski definition) is 3. The van der Waals surface area contributed by atoms with Crippen molar-refractivity contribution < 1.29 is 0 Å². The van der Waals surface area contributed by atoms with Gasteiger partial charge in [0.05, 0.1) is 16.9 Å². The topological polar surface area (TPSA) is 48.7 Å². The highest BCUT2D eigenvalue weighted by atomic mass is 35.5. The van der Waals surface area contributed by atoms with Crippen molar-refractivity contribution in [3.8, 4) is 6.07 Å². The third-order valence-corrected chi connectivity index (χ3v) is 3.33. The number of nitrogens with zero attached hydrogens (tertiary/aromatic N) is 2. The average Bonchev–Trinajstić information content (AvgIpc) is 2.40. The molecule has 1 heterocycles. The second-order valence-corrected chi connectivity index (χ2v) is 5.12. The smallest absolute Gasteiger partial charge is 0.103 e. The lowest BCUT2D eigenvalue weighted by Gasteiger charge is -2.11. The van der Waals surface area contributed by atoms with Gasteiger partial charge < -0.3 is 5.32 Å². The Balaban J connectivity index is 2.04. The molecule has 0 unspecified atom stereocenters. The van der Waals surface area contributed by atoms with Crippen LogP contribution in [0.15, 0.2) is 30.3 Å². The van der Waals surface area contributed by atoms with Gasteiger partial charge in [-0.15, -0.1) is 0 Å². The fourth-order valence-electron chi connectivity index (χ4n) is 2.10. The molecule has 0 amide bonds. The number of pyridine rings is 1. The summed E-state index contributed by atoms with van der Waals surface area (Å²) in [6, 6.07) is 11.9. The van der Waals surface area contributed by atoms with Crippen LogP contribution in [0.2, 0.25) is 5.02 Å². The van der Waals surface area contributed by atoms with Gasteiger partial charge in [0.1, 0.15) is 6.07 Å². The number of benzene rings is 1. The molecule has 1 aromatic heterocycles. The Morgan fingerprint density at radius 1 is 1.25 bits per heavy atom. The van der Waals surface area contributed by atoms with Crippen LogP contribution in [0.3, 0.4) is 0 Å². The highest BCUT2D eigenvalue weighted by Crippen LogP contribution is 2.18. The summed E-state index contributed by atoms with van der Waals surface area (Å²) >= 11 is 5.86. The number of aryl methyl sites for hydroxylation is 2. The fourth-order valence-corrected chi connectivity index (χ4v) is 2.23. The number of rotatable bonds is 4. The van der Waals surface area contributed by atoms with Crippen LogP contribution >= 0.6 is 11.6 Å². The maximum Gasteiger partial charge on any atom is 0.103 e. The van der Waals surface area contributed by atoms with Crippen LogP contribution in [-0.4, -0.2) is 11.5 Å². The molecule has 0 aliphatic carbocycles. The first kappa shape index (κ1) is 14.4. The van der Waals surface area contributed by atoms with Crippen LogP contribution < -0.4 is 5.32 Å². The van der Waals surface area contributed by atoms with E-state index in [0.29, 0.717) is 5.56 Å². The van der Waals surface area contributed by atoms with E-state index in [1.807, 2.05) is 44.2 Å². The number of anilines is 1. The largest absolute Gasteiger partial charge is 0.384 e. The Morgan fingerprint density at radius 2 is 1.95 bits per heavy atom. The fraction of sp³-hybridized carbons (Fsp3) is 0.250. The van der Waals surface area contributed by atoms with Gasteiger partial charge in [-0.2, -0.15) is 5.26 Å². The second kappa shape index (κ2) is 6.40. The second-order valence-electron chi connectivity index (χ2n) is 4.69.